The molecule has 0 heterocycles. The van der Waals surface area contributed by atoms with Crippen molar-refractivity contribution in [2.75, 3.05) is 25.6 Å². The normalized spacial score (nSPS) is 11.4. The summed E-state index contributed by atoms with van der Waals surface area (Å²) in [5.74, 6) is 1.39. The van der Waals surface area contributed by atoms with Crippen LogP contribution in [0.25, 0.3) is 6.08 Å². The van der Waals surface area contributed by atoms with Gasteiger partial charge in [0.25, 0.3) is 0 Å². The zero-order valence-corrected chi connectivity index (χ0v) is 19.5. The molecule has 2 aromatic carbocycles. The second kappa shape index (κ2) is 11.4. The Hall–Kier alpha value is -3.01. The van der Waals surface area contributed by atoms with Crippen LogP contribution in [0, 0.1) is 0 Å². The summed E-state index contributed by atoms with van der Waals surface area (Å²) in [5, 5.41) is 3.06. The summed E-state index contributed by atoms with van der Waals surface area (Å²) < 4.78 is 12.2. The molecule has 0 saturated heterocycles. The molecular formula is C27H35NO3. The molecule has 0 bridgehead atoms. The minimum Gasteiger partial charge on any atom is -0.493 e. The molecule has 0 unspecified atom stereocenters. The number of nitrogens with one attached hydrogen (secondary N) is 1. The van der Waals surface area contributed by atoms with Gasteiger partial charge in [0.15, 0.2) is 5.78 Å². The van der Waals surface area contributed by atoms with Crippen molar-refractivity contribution in [3.8, 4) is 11.5 Å². The topological polar surface area (TPSA) is 47.6 Å². The van der Waals surface area contributed by atoms with Crippen molar-refractivity contribution in [2.24, 2.45) is 0 Å². The molecular weight excluding hydrogens is 386 g/mol. The monoisotopic (exact) mass is 421 g/mol. The number of carbonyl (C=O) groups excluding carboxylic acids is 1. The molecule has 4 heteroatoms. The Balaban J connectivity index is 2.53. The molecule has 0 aromatic heterocycles. The van der Waals surface area contributed by atoms with Crippen molar-refractivity contribution in [2.45, 2.75) is 46.0 Å². The van der Waals surface area contributed by atoms with Gasteiger partial charge in [-0.2, -0.15) is 0 Å². The smallest absolute Gasteiger partial charge is 0.185 e. The van der Waals surface area contributed by atoms with E-state index in [1.54, 1.807) is 6.08 Å². The largest absolute Gasteiger partial charge is 0.493 e. The number of anilines is 1. The first-order chi connectivity index (χ1) is 14.9. The number of benzene rings is 2. The van der Waals surface area contributed by atoms with Gasteiger partial charge < -0.3 is 14.8 Å². The molecule has 2 aromatic rings. The lowest BCUT2D eigenvalue weighted by molar-refractivity contribution is 0.104. The molecule has 0 spiro atoms. The van der Waals surface area contributed by atoms with E-state index in [0.717, 1.165) is 35.4 Å². The second-order valence-corrected chi connectivity index (χ2v) is 8.00. The fourth-order valence-corrected chi connectivity index (χ4v) is 3.11. The second-order valence-electron chi connectivity index (χ2n) is 8.00. The van der Waals surface area contributed by atoms with E-state index in [0.29, 0.717) is 24.5 Å². The van der Waals surface area contributed by atoms with Crippen LogP contribution in [-0.4, -0.2) is 26.0 Å². The van der Waals surface area contributed by atoms with Crippen LogP contribution in [0.15, 0.2) is 55.1 Å². The molecule has 166 valence electrons. The number of ether oxygens (including phenoxy) is 2. The molecule has 2 rings (SSSR count). The molecule has 4 nitrogen and oxygen atoms in total. The number of carbonyl (C=O) groups is 1. The number of hydrogen-bond donors (Lipinski definition) is 1. The van der Waals surface area contributed by atoms with E-state index in [-0.39, 0.29) is 11.2 Å². The first-order valence-corrected chi connectivity index (χ1v) is 10.9. The third kappa shape index (κ3) is 6.24. The van der Waals surface area contributed by atoms with Crippen LogP contribution in [0.5, 0.6) is 11.5 Å². The van der Waals surface area contributed by atoms with Crippen LogP contribution in [0.2, 0.25) is 0 Å². The van der Waals surface area contributed by atoms with Crippen LogP contribution in [-0.2, 0) is 5.41 Å². The number of rotatable bonds is 12. The Morgan fingerprint density at radius 1 is 1.03 bits per heavy atom. The maximum Gasteiger partial charge on any atom is 0.185 e. The Kier molecular flexibility index (Phi) is 8.92. The SMILES string of the molecule is C=CC(C)(C)c1ccc(OCCC)c(C=CC(=O)c2ccc(NC)cc2)c1OCCC. The van der Waals surface area contributed by atoms with E-state index in [9.17, 15) is 4.79 Å². The first-order valence-electron chi connectivity index (χ1n) is 10.9. The van der Waals surface area contributed by atoms with E-state index in [4.69, 9.17) is 9.47 Å². The van der Waals surface area contributed by atoms with Gasteiger partial charge in [-0.05, 0) is 55.3 Å². The first kappa shape index (κ1) is 24.3. The number of hydrogen-bond acceptors (Lipinski definition) is 4. The molecule has 0 aliphatic heterocycles. The lowest BCUT2D eigenvalue weighted by Crippen LogP contribution is -2.16. The highest BCUT2D eigenvalue weighted by Crippen LogP contribution is 2.40. The van der Waals surface area contributed by atoms with E-state index < -0.39 is 0 Å². The summed E-state index contributed by atoms with van der Waals surface area (Å²) in [5.41, 5.74) is 3.11. The van der Waals surface area contributed by atoms with Crippen molar-refractivity contribution in [1.29, 1.82) is 0 Å². The number of ketones is 1. The van der Waals surface area contributed by atoms with Crippen LogP contribution in [0.3, 0.4) is 0 Å². The molecule has 31 heavy (non-hydrogen) atoms. The van der Waals surface area contributed by atoms with E-state index >= 15 is 0 Å². The quantitative estimate of drug-likeness (QED) is 0.236. The zero-order valence-electron chi connectivity index (χ0n) is 19.5. The number of allylic oxidation sites excluding steroid dienone is 2. The summed E-state index contributed by atoms with van der Waals surface area (Å²) in [6, 6.07) is 11.4. The third-order valence-electron chi connectivity index (χ3n) is 5.13. The van der Waals surface area contributed by atoms with E-state index in [1.165, 1.54) is 0 Å². The van der Waals surface area contributed by atoms with Crippen molar-refractivity contribution in [3.05, 3.63) is 71.8 Å². The predicted molar refractivity (Wildman–Crippen MR) is 131 cm³/mol. The average molecular weight is 422 g/mol. The minimum atomic E-state index is -0.290. The Bertz CT molecular complexity index is 911. The lowest BCUT2D eigenvalue weighted by Gasteiger charge is -2.26. The molecule has 0 saturated carbocycles. The fourth-order valence-electron chi connectivity index (χ4n) is 3.11. The van der Waals surface area contributed by atoms with Gasteiger partial charge in [-0.25, -0.2) is 0 Å². The van der Waals surface area contributed by atoms with Gasteiger partial charge >= 0.3 is 0 Å². The van der Waals surface area contributed by atoms with E-state index in [1.807, 2.05) is 55.6 Å². The molecule has 0 atom stereocenters. The molecule has 0 fully saturated rings. The molecule has 0 radical (unpaired) electrons. The Morgan fingerprint density at radius 3 is 2.26 bits per heavy atom. The zero-order chi connectivity index (χ0) is 22.9. The maximum atomic E-state index is 12.8. The summed E-state index contributed by atoms with van der Waals surface area (Å²) in [6.07, 6.45) is 7.09. The van der Waals surface area contributed by atoms with Crippen molar-refractivity contribution < 1.29 is 14.3 Å². The van der Waals surface area contributed by atoms with Gasteiger partial charge in [0, 0.05) is 29.3 Å². The minimum absolute atomic E-state index is 0.0704. The lowest BCUT2D eigenvalue weighted by atomic mass is 9.83. The Morgan fingerprint density at radius 2 is 1.68 bits per heavy atom. The summed E-state index contributed by atoms with van der Waals surface area (Å²) in [4.78, 5) is 12.8. The highest BCUT2D eigenvalue weighted by atomic mass is 16.5. The van der Waals surface area contributed by atoms with Gasteiger partial charge in [0.1, 0.15) is 11.5 Å². The summed E-state index contributed by atoms with van der Waals surface area (Å²) in [6.45, 7) is 13.5. The van der Waals surface area contributed by atoms with Crippen LogP contribution in [0.4, 0.5) is 5.69 Å². The van der Waals surface area contributed by atoms with Gasteiger partial charge in [0.05, 0.1) is 18.8 Å². The molecule has 0 aliphatic rings. The van der Waals surface area contributed by atoms with Crippen molar-refractivity contribution >= 4 is 17.5 Å². The van der Waals surface area contributed by atoms with Gasteiger partial charge in [0.2, 0.25) is 0 Å². The van der Waals surface area contributed by atoms with Crippen molar-refractivity contribution in [1.82, 2.24) is 0 Å². The highest BCUT2D eigenvalue weighted by molar-refractivity contribution is 6.07. The Labute approximate surface area is 187 Å². The van der Waals surface area contributed by atoms with Gasteiger partial charge in [-0.15, -0.1) is 6.58 Å². The molecule has 0 amide bonds. The molecule has 1 N–H and O–H groups in total. The average Bonchev–Trinajstić information content (AvgIpc) is 2.79. The van der Waals surface area contributed by atoms with Gasteiger partial charge in [-0.3, -0.25) is 4.79 Å². The highest BCUT2D eigenvalue weighted by Gasteiger charge is 2.25. The fraction of sp³-hybridized carbons (Fsp3) is 0.370. The summed E-state index contributed by atoms with van der Waals surface area (Å²) >= 11 is 0. The van der Waals surface area contributed by atoms with Crippen LogP contribution >= 0.6 is 0 Å². The standard InChI is InChI=1S/C27H35NO3/c1-7-18-30-25-17-15-23(27(4,5)9-3)26(31-19-8-2)22(25)14-16-24(29)20-10-12-21(28-6)13-11-20/h9-17,28H,3,7-8,18-19H2,1-2,4-6H3. The molecule has 0 aliphatic carbocycles. The van der Waals surface area contributed by atoms with Crippen molar-refractivity contribution in [3.63, 3.8) is 0 Å². The predicted octanol–water partition coefficient (Wildman–Crippen LogP) is 6.67. The van der Waals surface area contributed by atoms with Gasteiger partial charge in [-0.1, -0.05) is 39.8 Å². The maximum absolute atomic E-state index is 12.8. The van der Waals surface area contributed by atoms with Crippen LogP contribution in [0.1, 0.15) is 62.0 Å². The third-order valence-corrected chi connectivity index (χ3v) is 5.13. The summed E-state index contributed by atoms with van der Waals surface area (Å²) in [7, 11) is 1.85. The van der Waals surface area contributed by atoms with E-state index in [2.05, 4.69) is 39.6 Å². The van der Waals surface area contributed by atoms with Crippen LogP contribution < -0.4 is 14.8 Å².